The molecule has 6 heteroatoms. The van der Waals surface area contributed by atoms with Crippen molar-refractivity contribution in [2.75, 3.05) is 13.2 Å². The number of amides is 2. The van der Waals surface area contributed by atoms with E-state index in [4.69, 9.17) is 4.74 Å². The van der Waals surface area contributed by atoms with Crippen LogP contribution < -0.4 is 10.1 Å². The monoisotopic (exact) mass is 442 g/mol. The second kappa shape index (κ2) is 11.7. The normalized spacial score (nSPS) is 12.2. The Balaban J connectivity index is 2.20. The number of ether oxygens (including phenoxy) is 1. The summed E-state index contributed by atoms with van der Waals surface area (Å²) < 4.78 is 20.2. The molecule has 0 saturated carbocycles. The van der Waals surface area contributed by atoms with Crippen molar-refractivity contribution >= 4 is 11.8 Å². The summed E-state index contributed by atoms with van der Waals surface area (Å²) in [5, 5.41) is 2.85. The molecule has 0 bridgehead atoms. The highest BCUT2D eigenvalue weighted by Gasteiger charge is 2.27. The Bertz CT molecular complexity index is 908. The zero-order valence-corrected chi connectivity index (χ0v) is 19.8. The first-order valence-electron chi connectivity index (χ1n) is 11.2. The molecule has 0 radical (unpaired) electrons. The summed E-state index contributed by atoms with van der Waals surface area (Å²) >= 11 is 0. The lowest BCUT2D eigenvalue weighted by Gasteiger charge is -2.29. The van der Waals surface area contributed by atoms with E-state index in [1.54, 1.807) is 25.1 Å². The number of nitrogens with one attached hydrogen (secondary N) is 1. The lowest BCUT2D eigenvalue weighted by atomic mass is 9.86. The van der Waals surface area contributed by atoms with Gasteiger partial charge < -0.3 is 15.0 Å². The second-order valence-electron chi connectivity index (χ2n) is 8.97. The maximum absolute atomic E-state index is 14.3. The molecule has 2 rings (SSSR count). The van der Waals surface area contributed by atoms with E-state index in [0.717, 1.165) is 18.4 Å². The summed E-state index contributed by atoms with van der Waals surface area (Å²) in [7, 11) is 0. The molecule has 174 valence electrons. The summed E-state index contributed by atoms with van der Waals surface area (Å²) in [5.41, 5.74) is 1.18. The highest BCUT2D eigenvalue weighted by Crippen LogP contribution is 2.31. The molecule has 0 saturated heterocycles. The Morgan fingerprint density at radius 3 is 2.41 bits per heavy atom. The molecule has 0 aliphatic rings. The van der Waals surface area contributed by atoms with Crippen molar-refractivity contribution < 1.29 is 18.7 Å². The standard InChI is InChI=1S/C26H35FN2O3/c1-6-7-16-28-25(31)19(2)29(17-20-12-8-10-14-22(20)27)24(30)18-32-23-15-11-9-13-21(23)26(3,4)5/h8-15,19H,6-7,16-18H2,1-5H3,(H,28,31)/t19-/m0/s1. The van der Waals surface area contributed by atoms with E-state index in [2.05, 4.69) is 26.1 Å². The van der Waals surface area contributed by atoms with E-state index in [9.17, 15) is 14.0 Å². The first-order valence-corrected chi connectivity index (χ1v) is 11.2. The molecule has 0 spiro atoms. The molecule has 0 fully saturated rings. The Hall–Kier alpha value is -2.89. The van der Waals surface area contributed by atoms with E-state index in [1.165, 1.54) is 11.0 Å². The quantitative estimate of drug-likeness (QED) is 0.536. The lowest BCUT2D eigenvalue weighted by molar-refractivity contribution is -0.142. The fourth-order valence-electron chi connectivity index (χ4n) is 3.36. The zero-order valence-electron chi connectivity index (χ0n) is 19.8. The number of unbranched alkanes of at least 4 members (excludes halogenated alkanes) is 1. The van der Waals surface area contributed by atoms with Crippen LogP contribution in [0.4, 0.5) is 4.39 Å². The number of hydrogen-bond donors (Lipinski definition) is 1. The van der Waals surface area contributed by atoms with E-state index < -0.39 is 11.9 Å². The molecule has 0 aliphatic heterocycles. The first-order chi connectivity index (χ1) is 15.1. The molecular weight excluding hydrogens is 407 g/mol. The van der Waals surface area contributed by atoms with Gasteiger partial charge >= 0.3 is 0 Å². The molecule has 1 N–H and O–H groups in total. The summed E-state index contributed by atoms with van der Waals surface area (Å²) in [6.07, 6.45) is 1.81. The number of benzene rings is 2. The molecular formula is C26H35FN2O3. The van der Waals surface area contributed by atoms with E-state index in [1.807, 2.05) is 31.2 Å². The number of hydrogen-bond acceptors (Lipinski definition) is 3. The van der Waals surface area contributed by atoms with Gasteiger partial charge in [0.1, 0.15) is 17.6 Å². The zero-order chi connectivity index (χ0) is 23.7. The average molecular weight is 443 g/mol. The van der Waals surface area contributed by atoms with Gasteiger partial charge in [-0.3, -0.25) is 9.59 Å². The third-order valence-electron chi connectivity index (χ3n) is 5.34. The van der Waals surface area contributed by atoms with Crippen molar-refractivity contribution in [1.29, 1.82) is 0 Å². The fraction of sp³-hybridized carbons (Fsp3) is 0.462. The van der Waals surface area contributed by atoms with Gasteiger partial charge in [0, 0.05) is 18.7 Å². The van der Waals surface area contributed by atoms with E-state index >= 15 is 0 Å². The minimum absolute atomic E-state index is 0.0157. The molecule has 0 unspecified atom stereocenters. The Labute approximate surface area is 191 Å². The molecule has 0 aromatic heterocycles. The van der Waals surface area contributed by atoms with Crippen LogP contribution in [0.1, 0.15) is 58.6 Å². The molecule has 2 aromatic rings. The number of carbonyl (C=O) groups excluding carboxylic acids is 2. The third-order valence-corrected chi connectivity index (χ3v) is 5.34. The van der Waals surface area contributed by atoms with Crippen LogP contribution in [0.5, 0.6) is 5.75 Å². The van der Waals surface area contributed by atoms with Crippen LogP contribution in [0.3, 0.4) is 0 Å². The number of carbonyl (C=O) groups is 2. The van der Waals surface area contributed by atoms with Gasteiger partial charge in [-0.2, -0.15) is 0 Å². The molecule has 0 aliphatic carbocycles. The van der Waals surface area contributed by atoms with Crippen molar-refractivity contribution in [3.8, 4) is 5.75 Å². The minimum Gasteiger partial charge on any atom is -0.483 e. The van der Waals surface area contributed by atoms with Gasteiger partial charge in [-0.1, -0.05) is 70.5 Å². The van der Waals surface area contributed by atoms with E-state index in [-0.39, 0.29) is 30.4 Å². The van der Waals surface area contributed by atoms with Gasteiger partial charge in [0.05, 0.1) is 0 Å². The van der Waals surface area contributed by atoms with Crippen LogP contribution in [-0.2, 0) is 21.5 Å². The van der Waals surface area contributed by atoms with Crippen LogP contribution in [-0.4, -0.2) is 35.9 Å². The Kier molecular flexibility index (Phi) is 9.24. The number of para-hydroxylation sites is 1. The Morgan fingerprint density at radius 2 is 1.75 bits per heavy atom. The lowest BCUT2D eigenvalue weighted by Crippen LogP contribution is -2.49. The van der Waals surface area contributed by atoms with Crippen LogP contribution in [0.15, 0.2) is 48.5 Å². The van der Waals surface area contributed by atoms with Crippen molar-refractivity contribution in [2.24, 2.45) is 0 Å². The summed E-state index contributed by atoms with van der Waals surface area (Å²) in [5.74, 6) is -0.435. The van der Waals surface area contributed by atoms with Gasteiger partial charge in [0.2, 0.25) is 5.91 Å². The molecule has 0 heterocycles. The van der Waals surface area contributed by atoms with Crippen LogP contribution in [0.25, 0.3) is 0 Å². The van der Waals surface area contributed by atoms with Crippen LogP contribution >= 0.6 is 0 Å². The predicted octanol–water partition coefficient (Wildman–Crippen LogP) is 4.84. The fourth-order valence-corrected chi connectivity index (χ4v) is 3.36. The number of rotatable bonds is 10. The summed E-state index contributed by atoms with van der Waals surface area (Å²) in [6, 6.07) is 13.1. The molecule has 2 aromatic carbocycles. The van der Waals surface area contributed by atoms with Crippen LogP contribution in [0, 0.1) is 5.82 Å². The van der Waals surface area contributed by atoms with E-state index in [0.29, 0.717) is 17.9 Å². The summed E-state index contributed by atoms with van der Waals surface area (Å²) in [6.45, 7) is 10.2. The molecule has 2 amide bonds. The SMILES string of the molecule is CCCCNC(=O)[C@H](C)N(Cc1ccccc1F)C(=O)COc1ccccc1C(C)(C)C. The third kappa shape index (κ3) is 7.08. The second-order valence-corrected chi connectivity index (χ2v) is 8.97. The van der Waals surface area contributed by atoms with Crippen molar-refractivity contribution in [1.82, 2.24) is 10.2 Å². The smallest absolute Gasteiger partial charge is 0.261 e. The van der Waals surface area contributed by atoms with Crippen molar-refractivity contribution in [3.63, 3.8) is 0 Å². The highest BCUT2D eigenvalue weighted by atomic mass is 19.1. The Morgan fingerprint density at radius 1 is 1.09 bits per heavy atom. The van der Waals surface area contributed by atoms with Gasteiger partial charge in [0.15, 0.2) is 6.61 Å². The van der Waals surface area contributed by atoms with Gasteiger partial charge in [-0.25, -0.2) is 4.39 Å². The van der Waals surface area contributed by atoms with Crippen molar-refractivity contribution in [2.45, 2.75) is 65.5 Å². The number of halogens is 1. The molecule has 32 heavy (non-hydrogen) atoms. The molecule has 5 nitrogen and oxygen atoms in total. The summed E-state index contributed by atoms with van der Waals surface area (Å²) in [4.78, 5) is 27.2. The highest BCUT2D eigenvalue weighted by molar-refractivity contribution is 5.88. The predicted molar refractivity (Wildman–Crippen MR) is 125 cm³/mol. The topological polar surface area (TPSA) is 58.6 Å². The van der Waals surface area contributed by atoms with Crippen molar-refractivity contribution in [3.05, 3.63) is 65.5 Å². The van der Waals surface area contributed by atoms with Crippen LogP contribution in [0.2, 0.25) is 0 Å². The molecule has 1 atom stereocenters. The minimum atomic E-state index is -0.763. The van der Waals surface area contributed by atoms with Gasteiger partial charge in [0.25, 0.3) is 5.91 Å². The first kappa shape index (κ1) is 25.4. The van der Waals surface area contributed by atoms with Gasteiger partial charge in [-0.05, 0) is 36.5 Å². The number of nitrogens with zero attached hydrogens (tertiary/aromatic N) is 1. The maximum atomic E-state index is 14.3. The average Bonchev–Trinajstić information content (AvgIpc) is 2.76. The largest absolute Gasteiger partial charge is 0.483 e. The van der Waals surface area contributed by atoms with Gasteiger partial charge in [-0.15, -0.1) is 0 Å². The maximum Gasteiger partial charge on any atom is 0.261 e.